The van der Waals surface area contributed by atoms with E-state index >= 15 is 0 Å². The number of H-pyrrole nitrogens is 1. The standard InChI is InChI=1S/C14H15N5/c1-14(2,11-7-4-3-5-8-11)19-17-13(16-18-19)12-9-6-10-15-12/h3-10,15H,1-2H3. The average molecular weight is 253 g/mol. The number of aromatic amines is 1. The molecule has 0 unspecified atom stereocenters. The van der Waals surface area contributed by atoms with Gasteiger partial charge in [-0.05, 0) is 36.8 Å². The Morgan fingerprint density at radius 1 is 1.05 bits per heavy atom. The monoisotopic (exact) mass is 253 g/mol. The fourth-order valence-corrected chi connectivity index (χ4v) is 1.99. The predicted molar refractivity (Wildman–Crippen MR) is 72.5 cm³/mol. The molecule has 0 radical (unpaired) electrons. The van der Waals surface area contributed by atoms with Crippen LogP contribution in [0.2, 0.25) is 0 Å². The molecule has 0 spiro atoms. The van der Waals surface area contributed by atoms with Crippen molar-refractivity contribution >= 4 is 0 Å². The Morgan fingerprint density at radius 3 is 2.53 bits per heavy atom. The fourth-order valence-electron chi connectivity index (χ4n) is 1.99. The highest BCUT2D eigenvalue weighted by Gasteiger charge is 2.26. The van der Waals surface area contributed by atoms with Gasteiger partial charge in [0.05, 0.1) is 5.69 Å². The number of nitrogens with zero attached hydrogens (tertiary/aromatic N) is 4. The van der Waals surface area contributed by atoms with Crippen LogP contribution in [0.5, 0.6) is 0 Å². The van der Waals surface area contributed by atoms with Crippen molar-refractivity contribution in [1.82, 2.24) is 25.2 Å². The first-order chi connectivity index (χ1) is 9.18. The van der Waals surface area contributed by atoms with E-state index in [4.69, 9.17) is 0 Å². The number of hydrogen-bond donors (Lipinski definition) is 1. The van der Waals surface area contributed by atoms with Crippen molar-refractivity contribution in [1.29, 1.82) is 0 Å². The van der Waals surface area contributed by atoms with Gasteiger partial charge in [0.25, 0.3) is 0 Å². The molecule has 2 heterocycles. The summed E-state index contributed by atoms with van der Waals surface area (Å²) in [6.07, 6.45) is 1.85. The summed E-state index contributed by atoms with van der Waals surface area (Å²) in [5, 5.41) is 12.7. The minimum Gasteiger partial charge on any atom is -0.359 e. The zero-order chi connectivity index (χ0) is 13.3. The summed E-state index contributed by atoms with van der Waals surface area (Å²) in [5.74, 6) is 0.606. The van der Waals surface area contributed by atoms with E-state index in [0.717, 1.165) is 11.3 Å². The number of nitrogens with one attached hydrogen (secondary N) is 1. The van der Waals surface area contributed by atoms with Crippen LogP contribution < -0.4 is 0 Å². The molecule has 0 saturated heterocycles. The Bertz CT molecular complexity index is 652. The zero-order valence-corrected chi connectivity index (χ0v) is 10.9. The molecule has 0 saturated carbocycles. The third-order valence-corrected chi connectivity index (χ3v) is 3.23. The van der Waals surface area contributed by atoms with Gasteiger partial charge in [-0.15, -0.1) is 10.2 Å². The SMILES string of the molecule is CC(C)(c1ccccc1)n1nnc(-c2ccc[nH]2)n1. The summed E-state index contributed by atoms with van der Waals surface area (Å²) in [4.78, 5) is 4.73. The highest BCUT2D eigenvalue weighted by molar-refractivity contribution is 5.47. The highest BCUT2D eigenvalue weighted by atomic mass is 15.6. The van der Waals surface area contributed by atoms with E-state index in [1.165, 1.54) is 0 Å². The summed E-state index contributed by atoms with van der Waals surface area (Å²) < 4.78 is 0. The number of aromatic nitrogens is 5. The molecule has 0 aliphatic carbocycles. The predicted octanol–water partition coefficient (Wildman–Crippen LogP) is 2.45. The topological polar surface area (TPSA) is 59.4 Å². The third-order valence-electron chi connectivity index (χ3n) is 3.23. The van der Waals surface area contributed by atoms with Crippen LogP contribution in [0, 0.1) is 0 Å². The number of rotatable bonds is 3. The van der Waals surface area contributed by atoms with Crippen LogP contribution in [-0.2, 0) is 5.54 Å². The number of benzene rings is 1. The van der Waals surface area contributed by atoms with Gasteiger partial charge in [-0.2, -0.15) is 4.80 Å². The van der Waals surface area contributed by atoms with Gasteiger partial charge in [0.2, 0.25) is 5.82 Å². The van der Waals surface area contributed by atoms with Gasteiger partial charge >= 0.3 is 0 Å². The Hall–Kier alpha value is -2.43. The van der Waals surface area contributed by atoms with Crippen molar-refractivity contribution in [3.63, 3.8) is 0 Å². The largest absolute Gasteiger partial charge is 0.359 e. The van der Waals surface area contributed by atoms with E-state index in [1.54, 1.807) is 4.80 Å². The van der Waals surface area contributed by atoms with Crippen molar-refractivity contribution in [3.05, 3.63) is 54.2 Å². The van der Waals surface area contributed by atoms with Crippen LogP contribution in [0.3, 0.4) is 0 Å². The second kappa shape index (κ2) is 4.35. The van der Waals surface area contributed by atoms with Gasteiger partial charge in [0.15, 0.2) is 0 Å². The number of tetrazole rings is 1. The maximum Gasteiger partial charge on any atom is 0.221 e. The molecule has 96 valence electrons. The molecule has 5 heteroatoms. The molecule has 0 bridgehead atoms. The van der Waals surface area contributed by atoms with Crippen molar-refractivity contribution < 1.29 is 0 Å². The van der Waals surface area contributed by atoms with Gasteiger partial charge in [-0.25, -0.2) is 0 Å². The van der Waals surface area contributed by atoms with Crippen molar-refractivity contribution in [2.45, 2.75) is 19.4 Å². The summed E-state index contributed by atoms with van der Waals surface area (Å²) >= 11 is 0. The zero-order valence-electron chi connectivity index (χ0n) is 10.9. The molecule has 1 N–H and O–H groups in total. The average Bonchev–Trinajstić information content (AvgIpc) is 3.10. The lowest BCUT2D eigenvalue weighted by Crippen LogP contribution is -2.30. The molecule has 0 aliphatic rings. The molecule has 0 aliphatic heterocycles. The van der Waals surface area contributed by atoms with E-state index in [1.807, 2.05) is 36.5 Å². The molecule has 1 aromatic carbocycles. The maximum atomic E-state index is 4.46. The summed E-state index contributed by atoms with van der Waals surface area (Å²) in [5.41, 5.74) is 1.68. The van der Waals surface area contributed by atoms with E-state index in [0.29, 0.717) is 5.82 Å². The van der Waals surface area contributed by atoms with Crippen molar-refractivity contribution in [3.8, 4) is 11.5 Å². The molecule has 0 amide bonds. The van der Waals surface area contributed by atoms with Gasteiger partial charge in [-0.1, -0.05) is 30.3 Å². The first-order valence-electron chi connectivity index (χ1n) is 6.18. The lowest BCUT2D eigenvalue weighted by atomic mass is 9.95. The maximum absolute atomic E-state index is 4.46. The molecule has 3 aromatic rings. The molecule has 2 aromatic heterocycles. The molecule has 0 fully saturated rings. The van der Waals surface area contributed by atoms with Gasteiger partial charge < -0.3 is 4.98 Å². The lowest BCUT2D eigenvalue weighted by Gasteiger charge is -2.23. The first kappa shape index (κ1) is 11.6. The molecule has 3 rings (SSSR count). The molecule has 19 heavy (non-hydrogen) atoms. The minimum atomic E-state index is -0.334. The van der Waals surface area contributed by atoms with Gasteiger partial charge in [0, 0.05) is 6.20 Å². The van der Waals surface area contributed by atoms with Crippen LogP contribution in [0.4, 0.5) is 0 Å². The molecular weight excluding hydrogens is 238 g/mol. The third kappa shape index (κ3) is 2.03. The normalized spacial score (nSPS) is 11.7. The Labute approximate surface area is 111 Å². The van der Waals surface area contributed by atoms with E-state index in [-0.39, 0.29) is 5.54 Å². The highest BCUT2D eigenvalue weighted by Crippen LogP contribution is 2.24. The fraction of sp³-hybridized carbons (Fsp3) is 0.214. The Balaban J connectivity index is 1.99. The quantitative estimate of drug-likeness (QED) is 0.780. The summed E-state index contributed by atoms with van der Waals surface area (Å²) in [6.45, 7) is 4.14. The Morgan fingerprint density at radius 2 is 1.84 bits per heavy atom. The lowest BCUT2D eigenvalue weighted by molar-refractivity contribution is 0.337. The Kier molecular flexibility index (Phi) is 2.67. The van der Waals surface area contributed by atoms with Crippen molar-refractivity contribution in [2.24, 2.45) is 0 Å². The molecule has 5 nitrogen and oxygen atoms in total. The van der Waals surface area contributed by atoms with Crippen LogP contribution in [-0.4, -0.2) is 25.2 Å². The van der Waals surface area contributed by atoms with Crippen LogP contribution >= 0.6 is 0 Å². The van der Waals surface area contributed by atoms with E-state index < -0.39 is 0 Å². The van der Waals surface area contributed by atoms with E-state index in [2.05, 4.69) is 46.4 Å². The van der Waals surface area contributed by atoms with Crippen LogP contribution in [0.25, 0.3) is 11.5 Å². The van der Waals surface area contributed by atoms with E-state index in [9.17, 15) is 0 Å². The van der Waals surface area contributed by atoms with Gasteiger partial charge in [-0.3, -0.25) is 0 Å². The molecule has 0 atom stereocenters. The van der Waals surface area contributed by atoms with Crippen molar-refractivity contribution in [2.75, 3.05) is 0 Å². The number of hydrogen-bond acceptors (Lipinski definition) is 3. The first-order valence-corrected chi connectivity index (χ1v) is 6.18. The smallest absolute Gasteiger partial charge is 0.221 e. The van der Waals surface area contributed by atoms with Crippen LogP contribution in [0.15, 0.2) is 48.7 Å². The second-order valence-corrected chi connectivity index (χ2v) is 4.91. The van der Waals surface area contributed by atoms with Gasteiger partial charge in [0.1, 0.15) is 5.54 Å². The minimum absolute atomic E-state index is 0.334. The second-order valence-electron chi connectivity index (χ2n) is 4.91. The van der Waals surface area contributed by atoms with Crippen LogP contribution in [0.1, 0.15) is 19.4 Å². The molecular formula is C14H15N5. The summed E-state index contributed by atoms with van der Waals surface area (Å²) in [7, 11) is 0. The summed E-state index contributed by atoms with van der Waals surface area (Å²) in [6, 6.07) is 14.0.